The van der Waals surface area contributed by atoms with Crippen LogP contribution in [0.4, 0.5) is 0 Å². The number of carbonyl (C=O) groups is 2. The highest BCUT2D eigenvalue weighted by Gasteiger charge is 2.27. The van der Waals surface area contributed by atoms with E-state index in [0.717, 1.165) is 12.8 Å². The maximum absolute atomic E-state index is 12.5. The van der Waals surface area contributed by atoms with Crippen molar-refractivity contribution in [1.82, 2.24) is 16.0 Å². The van der Waals surface area contributed by atoms with Crippen molar-refractivity contribution in [3.63, 3.8) is 0 Å². The second-order valence-electron chi connectivity index (χ2n) is 6.34. The molecule has 7 heteroatoms. The second-order valence-corrected chi connectivity index (χ2v) is 6.34. The van der Waals surface area contributed by atoms with E-state index in [1.54, 1.807) is 6.92 Å². The summed E-state index contributed by atoms with van der Waals surface area (Å²) in [6.07, 6.45) is 2.13. The van der Waals surface area contributed by atoms with Crippen LogP contribution in [0.25, 0.3) is 0 Å². The van der Waals surface area contributed by atoms with Crippen molar-refractivity contribution < 1.29 is 9.59 Å². The van der Waals surface area contributed by atoms with E-state index in [9.17, 15) is 9.59 Å². The van der Waals surface area contributed by atoms with Gasteiger partial charge in [-0.2, -0.15) is 0 Å². The molecule has 0 heterocycles. The number of nitrogens with two attached hydrogens (primary N) is 1. The van der Waals surface area contributed by atoms with Gasteiger partial charge in [-0.15, -0.1) is 0 Å². The van der Waals surface area contributed by atoms with Crippen molar-refractivity contribution >= 4 is 17.6 Å². The van der Waals surface area contributed by atoms with E-state index in [1.165, 1.54) is 0 Å². The van der Waals surface area contributed by atoms with Crippen LogP contribution in [0.3, 0.4) is 0 Å². The zero-order valence-corrected chi connectivity index (χ0v) is 15.0. The Labute approximate surface area is 139 Å². The lowest BCUT2D eigenvalue weighted by Crippen LogP contribution is -2.55. The summed E-state index contributed by atoms with van der Waals surface area (Å²) in [6.45, 7) is 10.1. The number of hydrogen-bond donors (Lipinski definition) is 5. The Kier molecular flexibility index (Phi) is 10.2. The number of primary amides is 1. The molecular weight excluding hydrogens is 294 g/mol. The fourth-order valence-corrected chi connectivity index (χ4v) is 2.26. The van der Waals surface area contributed by atoms with Crippen molar-refractivity contribution in [1.29, 1.82) is 5.41 Å². The maximum atomic E-state index is 12.5. The van der Waals surface area contributed by atoms with Gasteiger partial charge in [-0.05, 0) is 25.7 Å². The first-order valence-corrected chi connectivity index (χ1v) is 8.33. The first kappa shape index (κ1) is 21.4. The molecule has 0 fully saturated rings. The smallest absolute Gasteiger partial charge is 0.240 e. The van der Waals surface area contributed by atoms with Gasteiger partial charge in [0.15, 0.2) is 0 Å². The lowest BCUT2D eigenvalue weighted by Gasteiger charge is -2.26. The van der Waals surface area contributed by atoms with Gasteiger partial charge in [-0.1, -0.05) is 34.1 Å². The predicted molar refractivity (Wildman–Crippen MR) is 93.3 cm³/mol. The molecule has 0 bridgehead atoms. The zero-order valence-electron chi connectivity index (χ0n) is 15.0. The van der Waals surface area contributed by atoms with E-state index in [1.807, 2.05) is 27.7 Å². The van der Waals surface area contributed by atoms with Crippen LogP contribution in [0.15, 0.2) is 0 Å². The highest BCUT2D eigenvalue weighted by Crippen LogP contribution is 2.08. The summed E-state index contributed by atoms with van der Waals surface area (Å²) in [4.78, 5) is 24.1. The van der Waals surface area contributed by atoms with Crippen molar-refractivity contribution in [3.8, 4) is 0 Å². The number of carbonyl (C=O) groups excluding carboxylic acids is 2. The molecule has 7 nitrogen and oxygen atoms in total. The summed E-state index contributed by atoms with van der Waals surface area (Å²) >= 11 is 0. The SMILES string of the molecule is CC[C@@H](C)[C@@H](NC(=O)[C@@H](CCCNC(C)=N)NC(C)C)C(N)=O. The monoisotopic (exact) mass is 327 g/mol. The molecule has 2 amide bonds. The highest BCUT2D eigenvalue weighted by molar-refractivity contribution is 5.89. The van der Waals surface area contributed by atoms with Gasteiger partial charge < -0.3 is 21.7 Å². The van der Waals surface area contributed by atoms with Gasteiger partial charge in [0.1, 0.15) is 6.04 Å². The first-order chi connectivity index (χ1) is 10.7. The quantitative estimate of drug-likeness (QED) is 0.218. The van der Waals surface area contributed by atoms with Gasteiger partial charge in [0, 0.05) is 12.6 Å². The molecule has 23 heavy (non-hydrogen) atoms. The van der Waals surface area contributed by atoms with Crippen molar-refractivity contribution in [2.75, 3.05) is 6.54 Å². The van der Waals surface area contributed by atoms with Crippen molar-refractivity contribution in [3.05, 3.63) is 0 Å². The predicted octanol–water partition coefficient (Wildman–Crippen LogP) is 0.736. The van der Waals surface area contributed by atoms with Gasteiger partial charge in [-0.25, -0.2) is 0 Å². The minimum Gasteiger partial charge on any atom is -0.374 e. The molecule has 0 aromatic carbocycles. The Balaban J connectivity index is 4.70. The third-order valence-electron chi connectivity index (χ3n) is 3.73. The van der Waals surface area contributed by atoms with Gasteiger partial charge in [0.2, 0.25) is 11.8 Å². The van der Waals surface area contributed by atoms with Crippen LogP contribution in [0, 0.1) is 11.3 Å². The molecule has 0 radical (unpaired) electrons. The van der Waals surface area contributed by atoms with Gasteiger partial charge in [0.25, 0.3) is 0 Å². The molecular formula is C16H33N5O2. The third kappa shape index (κ3) is 9.18. The van der Waals surface area contributed by atoms with E-state index in [-0.39, 0.29) is 23.9 Å². The molecule has 0 spiro atoms. The van der Waals surface area contributed by atoms with E-state index in [4.69, 9.17) is 11.1 Å². The zero-order chi connectivity index (χ0) is 18.0. The van der Waals surface area contributed by atoms with Crippen LogP contribution in [-0.4, -0.2) is 42.3 Å². The highest BCUT2D eigenvalue weighted by atomic mass is 16.2. The van der Waals surface area contributed by atoms with Crippen LogP contribution in [0.2, 0.25) is 0 Å². The summed E-state index contributed by atoms with van der Waals surface area (Å²) in [6, 6.07) is -0.876. The molecule has 0 saturated heterocycles. The van der Waals surface area contributed by atoms with E-state index in [0.29, 0.717) is 18.8 Å². The van der Waals surface area contributed by atoms with Crippen LogP contribution in [0.1, 0.15) is 53.9 Å². The molecule has 6 N–H and O–H groups in total. The summed E-state index contributed by atoms with van der Waals surface area (Å²) < 4.78 is 0. The third-order valence-corrected chi connectivity index (χ3v) is 3.73. The number of nitrogens with one attached hydrogen (secondary N) is 4. The molecule has 3 atom stereocenters. The fraction of sp³-hybridized carbons (Fsp3) is 0.812. The number of hydrogen-bond acceptors (Lipinski definition) is 4. The topological polar surface area (TPSA) is 120 Å². The molecule has 0 rings (SSSR count). The molecule has 0 aliphatic carbocycles. The summed E-state index contributed by atoms with van der Waals surface area (Å²) in [5, 5.41) is 16.3. The Morgan fingerprint density at radius 2 is 1.83 bits per heavy atom. The Bertz CT molecular complexity index is 398. The van der Waals surface area contributed by atoms with Crippen molar-refractivity contribution in [2.45, 2.75) is 72.0 Å². The van der Waals surface area contributed by atoms with E-state index >= 15 is 0 Å². The Morgan fingerprint density at radius 1 is 1.22 bits per heavy atom. The largest absolute Gasteiger partial charge is 0.374 e. The normalized spacial score (nSPS) is 14.9. The molecule has 0 aromatic rings. The average molecular weight is 327 g/mol. The lowest BCUT2D eigenvalue weighted by molar-refractivity contribution is -0.129. The van der Waals surface area contributed by atoms with Gasteiger partial charge >= 0.3 is 0 Å². The minimum absolute atomic E-state index is 0.00150. The van der Waals surface area contributed by atoms with Crippen LogP contribution in [-0.2, 0) is 9.59 Å². The molecule has 134 valence electrons. The number of rotatable bonds is 11. The number of amides is 2. The molecule has 0 unspecified atom stereocenters. The summed E-state index contributed by atoms with van der Waals surface area (Å²) in [5.41, 5.74) is 5.41. The number of amidine groups is 1. The van der Waals surface area contributed by atoms with E-state index in [2.05, 4.69) is 16.0 Å². The average Bonchev–Trinajstić information content (AvgIpc) is 2.45. The van der Waals surface area contributed by atoms with Crippen molar-refractivity contribution in [2.24, 2.45) is 11.7 Å². The second kappa shape index (κ2) is 11.0. The van der Waals surface area contributed by atoms with Gasteiger partial charge in [0.05, 0.1) is 11.9 Å². The molecule has 0 saturated carbocycles. The Hall–Kier alpha value is -1.63. The lowest BCUT2D eigenvalue weighted by atomic mass is 9.98. The summed E-state index contributed by atoms with van der Waals surface area (Å²) in [7, 11) is 0. The molecule has 0 aromatic heterocycles. The van der Waals surface area contributed by atoms with Crippen LogP contribution >= 0.6 is 0 Å². The Morgan fingerprint density at radius 3 is 2.26 bits per heavy atom. The van der Waals surface area contributed by atoms with E-state index < -0.39 is 11.9 Å². The fourth-order valence-electron chi connectivity index (χ4n) is 2.26. The minimum atomic E-state index is -0.647. The standard InChI is InChI=1S/C16H33N5O2/c1-6-11(4)14(15(18)22)21-16(23)13(20-10(2)3)8-7-9-19-12(5)17/h10-11,13-14,20H,6-9H2,1-5H3,(H2,17,19)(H2,18,22)(H,21,23)/t11-,13-,14-/m1/s1. The first-order valence-electron chi connectivity index (χ1n) is 8.33. The molecule has 0 aliphatic heterocycles. The van der Waals surface area contributed by atoms with Crippen LogP contribution < -0.4 is 21.7 Å². The maximum Gasteiger partial charge on any atom is 0.240 e. The van der Waals surface area contributed by atoms with Gasteiger partial charge in [-0.3, -0.25) is 15.0 Å². The summed E-state index contributed by atoms with van der Waals surface area (Å²) in [5.74, 6) is -0.293. The van der Waals surface area contributed by atoms with Crippen LogP contribution in [0.5, 0.6) is 0 Å². The molecule has 0 aliphatic rings.